The van der Waals surface area contributed by atoms with Gasteiger partial charge in [-0.25, -0.2) is 0 Å². The summed E-state index contributed by atoms with van der Waals surface area (Å²) in [6.45, 7) is 4.70. The van der Waals surface area contributed by atoms with Crippen LogP contribution in [0.4, 0.5) is 0 Å². The van der Waals surface area contributed by atoms with Gasteiger partial charge in [0.25, 0.3) is 0 Å². The van der Waals surface area contributed by atoms with Crippen LogP contribution in [0.15, 0.2) is 0 Å². The Kier molecular flexibility index (Phi) is 4.46. The summed E-state index contributed by atoms with van der Waals surface area (Å²) in [5.74, 6) is 0. The first kappa shape index (κ1) is 11.2. The van der Waals surface area contributed by atoms with Crippen molar-refractivity contribution in [2.75, 3.05) is 19.8 Å². The quantitative estimate of drug-likeness (QED) is 0.732. The fourth-order valence-electron chi connectivity index (χ4n) is 2.14. The molecule has 3 nitrogen and oxygen atoms in total. The maximum Gasteiger partial charge on any atom is 0.100 e. The number of hydrogen-bond donors (Lipinski definition) is 1. The van der Waals surface area contributed by atoms with Crippen molar-refractivity contribution in [1.29, 1.82) is 0 Å². The van der Waals surface area contributed by atoms with Crippen LogP contribution in [0.2, 0.25) is 0 Å². The number of rotatable bonds is 2. The van der Waals surface area contributed by atoms with Crippen molar-refractivity contribution >= 4 is 12.4 Å². The third kappa shape index (κ3) is 2.34. The molecule has 2 saturated heterocycles. The van der Waals surface area contributed by atoms with Gasteiger partial charge in [-0.15, -0.1) is 12.4 Å². The largest absolute Gasteiger partial charge is 0.374 e. The molecule has 2 fully saturated rings. The highest BCUT2D eigenvalue weighted by Crippen LogP contribution is 2.23. The van der Waals surface area contributed by atoms with Crippen molar-refractivity contribution in [3.05, 3.63) is 0 Å². The summed E-state index contributed by atoms with van der Waals surface area (Å²) in [5.41, 5.74) is 0. The zero-order chi connectivity index (χ0) is 8.39. The van der Waals surface area contributed by atoms with Gasteiger partial charge in [0, 0.05) is 25.8 Å². The van der Waals surface area contributed by atoms with Crippen molar-refractivity contribution in [3.63, 3.8) is 0 Å². The molecule has 4 heteroatoms. The lowest BCUT2D eigenvalue weighted by Crippen LogP contribution is -2.40. The van der Waals surface area contributed by atoms with Crippen LogP contribution in [0.25, 0.3) is 0 Å². The molecule has 0 aliphatic carbocycles. The molecular weight excluding hydrogens is 190 g/mol. The van der Waals surface area contributed by atoms with Crippen LogP contribution in [0.1, 0.15) is 19.8 Å². The summed E-state index contributed by atoms with van der Waals surface area (Å²) < 4.78 is 11.3. The minimum absolute atomic E-state index is 0. The number of ether oxygens (including phenoxy) is 2. The van der Waals surface area contributed by atoms with Gasteiger partial charge in [-0.1, -0.05) is 0 Å². The molecule has 0 aromatic rings. The average Bonchev–Trinajstić information content (AvgIpc) is 2.50. The molecular formula is C9H18ClNO2. The van der Waals surface area contributed by atoms with Gasteiger partial charge in [0.2, 0.25) is 0 Å². The first-order chi connectivity index (χ1) is 5.92. The Morgan fingerprint density at radius 1 is 1.54 bits per heavy atom. The van der Waals surface area contributed by atoms with Crippen LogP contribution in [-0.2, 0) is 9.47 Å². The third-order valence-electron chi connectivity index (χ3n) is 2.69. The third-order valence-corrected chi connectivity index (χ3v) is 2.69. The fraction of sp³-hybridized carbons (Fsp3) is 1.00. The molecule has 3 atom stereocenters. The van der Waals surface area contributed by atoms with E-state index in [2.05, 4.69) is 5.32 Å². The van der Waals surface area contributed by atoms with E-state index < -0.39 is 0 Å². The lowest BCUT2D eigenvalue weighted by atomic mass is 10.0. The number of hydrogen-bond acceptors (Lipinski definition) is 3. The van der Waals surface area contributed by atoms with E-state index in [1.807, 2.05) is 6.92 Å². The maximum atomic E-state index is 5.68. The molecule has 0 aromatic heterocycles. The maximum absolute atomic E-state index is 5.68. The average molecular weight is 208 g/mol. The Labute approximate surface area is 85.6 Å². The second-order valence-corrected chi connectivity index (χ2v) is 3.49. The van der Waals surface area contributed by atoms with Gasteiger partial charge in [-0.05, 0) is 19.8 Å². The zero-order valence-electron chi connectivity index (χ0n) is 7.99. The molecule has 2 aliphatic rings. The molecule has 0 saturated carbocycles. The van der Waals surface area contributed by atoms with Gasteiger partial charge in [0.1, 0.15) is 6.10 Å². The van der Waals surface area contributed by atoms with E-state index in [1.54, 1.807) is 0 Å². The Balaban J connectivity index is 0.000000845. The van der Waals surface area contributed by atoms with Crippen LogP contribution >= 0.6 is 12.4 Å². The van der Waals surface area contributed by atoms with Gasteiger partial charge in [-0.2, -0.15) is 0 Å². The van der Waals surface area contributed by atoms with E-state index >= 15 is 0 Å². The summed E-state index contributed by atoms with van der Waals surface area (Å²) in [5, 5.41) is 3.44. The Bertz CT molecular complexity index is 157. The number of fused-ring (bicyclic) bond motifs is 1. The minimum Gasteiger partial charge on any atom is -0.374 e. The van der Waals surface area contributed by atoms with Crippen molar-refractivity contribution in [1.82, 2.24) is 5.32 Å². The van der Waals surface area contributed by atoms with Gasteiger partial charge >= 0.3 is 0 Å². The van der Waals surface area contributed by atoms with E-state index in [9.17, 15) is 0 Å². The zero-order valence-corrected chi connectivity index (χ0v) is 8.81. The van der Waals surface area contributed by atoms with E-state index in [4.69, 9.17) is 9.47 Å². The molecule has 2 aliphatic heterocycles. The number of halogens is 1. The second-order valence-electron chi connectivity index (χ2n) is 3.49. The lowest BCUT2D eigenvalue weighted by Gasteiger charge is -2.28. The first-order valence-electron chi connectivity index (χ1n) is 4.88. The van der Waals surface area contributed by atoms with Crippen molar-refractivity contribution < 1.29 is 9.47 Å². The summed E-state index contributed by atoms with van der Waals surface area (Å²) in [6.07, 6.45) is 3.04. The highest BCUT2D eigenvalue weighted by atomic mass is 35.5. The summed E-state index contributed by atoms with van der Waals surface area (Å²) in [4.78, 5) is 0. The molecule has 1 N–H and O–H groups in total. The molecule has 0 spiro atoms. The van der Waals surface area contributed by atoms with E-state index in [1.165, 1.54) is 12.8 Å². The highest BCUT2D eigenvalue weighted by Gasteiger charge is 2.38. The highest BCUT2D eigenvalue weighted by molar-refractivity contribution is 5.85. The van der Waals surface area contributed by atoms with Gasteiger partial charge in [0.05, 0.1) is 6.10 Å². The lowest BCUT2D eigenvalue weighted by molar-refractivity contribution is -0.0710. The minimum atomic E-state index is 0. The molecule has 0 radical (unpaired) electrons. The predicted octanol–water partition coefficient (Wildman–Crippen LogP) is 0.964. The molecule has 0 amide bonds. The molecule has 0 aromatic carbocycles. The van der Waals surface area contributed by atoms with Crippen LogP contribution in [0.3, 0.4) is 0 Å². The predicted molar refractivity (Wildman–Crippen MR) is 53.4 cm³/mol. The molecule has 2 heterocycles. The summed E-state index contributed by atoms with van der Waals surface area (Å²) in [6, 6.07) is 0.551. The summed E-state index contributed by atoms with van der Waals surface area (Å²) in [7, 11) is 0. The van der Waals surface area contributed by atoms with Crippen molar-refractivity contribution in [3.8, 4) is 0 Å². The fourth-order valence-corrected chi connectivity index (χ4v) is 2.14. The topological polar surface area (TPSA) is 30.5 Å². The molecule has 78 valence electrons. The standard InChI is InChI=1S/C9H17NO2.ClH/c1-2-11-8-6-10-7-4-3-5-12-9(7)8;/h7-10H,2-6H2,1H3;1H/t7-,8-,9+;/m1./s1. The van der Waals surface area contributed by atoms with E-state index in [0.717, 1.165) is 19.8 Å². The molecule has 0 unspecified atom stereocenters. The Hall–Kier alpha value is 0.170. The van der Waals surface area contributed by atoms with E-state index in [-0.39, 0.29) is 12.4 Å². The van der Waals surface area contributed by atoms with Gasteiger partial charge in [-0.3, -0.25) is 0 Å². The van der Waals surface area contributed by atoms with E-state index in [0.29, 0.717) is 18.2 Å². The molecule has 0 bridgehead atoms. The normalized spacial score (nSPS) is 38.1. The van der Waals surface area contributed by atoms with Crippen LogP contribution in [-0.4, -0.2) is 38.0 Å². The second kappa shape index (κ2) is 5.15. The van der Waals surface area contributed by atoms with Crippen molar-refractivity contribution in [2.24, 2.45) is 0 Å². The van der Waals surface area contributed by atoms with Gasteiger partial charge < -0.3 is 14.8 Å². The summed E-state index contributed by atoms with van der Waals surface area (Å²) >= 11 is 0. The Morgan fingerprint density at radius 2 is 2.38 bits per heavy atom. The smallest absolute Gasteiger partial charge is 0.100 e. The molecule has 2 rings (SSSR count). The van der Waals surface area contributed by atoms with Crippen LogP contribution in [0, 0.1) is 0 Å². The van der Waals surface area contributed by atoms with Crippen LogP contribution in [0.5, 0.6) is 0 Å². The molecule has 13 heavy (non-hydrogen) atoms. The number of nitrogens with one attached hydrogen (secondary N) is 1. The Morgan fingerprint density at radius 3 is 3.15 bits per heavy atom. The monoisotopic (exact) mass is 207 g/mol. The SMILES string of the molecule is CCO[C@@H]1CN[C@@H]2CCCO[C@@H]21.Cl. The first-order valence-corrected chi connectivity index (χ1v) is 4.88. The van der Waals surface area contributed by atoms with Crippen molar-refractivity contribution in [2.45, 2.75) is 38.0 Å². The van der Waals surface area contributed by atoms with Gasteiger partial charge in [0.15, 0.2) is 0 Å². The van der Waals surface area contributed by atoms with Crippen LogP contribution < -0.4 is 5.32 Å².